The average molecular weight is 814 g/mol. The molecule has 56 heavy (non-hydrogen) atoms. The number of rotatable bonds is 46. The predicted molar refractivity (Wildman–Crippen MR) is 238 cm³/mol. The Morgan fingerprint density at radius 3 is 1.36 bits per heavy atom. The SMILES string of the molecule is CCCC/C=C\CCCCCCCCOCC(COP(=O)(O)OCCN)OC(=O)CCCCCCCCCCCCCCC/C=C\CCCCCCCCCC. The molecule has 0 aliphatic carbocycles. The molecular formula is C47H92NO7P. The van der Waals surface area contributed by atoms with Gasteiger partial charge in [-0.25, -0.2) is 4.57 Å². The standard InChI is InChI=1S/C47H92NO7P/c1-3-5-7-9-11-13-15-17-18-19-20-21-22-23-24-25-26-27-28-29-30-32-34-36-38-40-47(49)55-46(45-54-56(50,51)53-43-41-48)44-52-42-39-37-35-33-31-16-14-12-10-8-6-4-2/h10,12,19-20,46H,3-9,11,13-18,21-45,48H2,1-2H3,(H,50,51)/b12-10-,20-19-. The molecule has 0 saturated carbocycles. The highest BCUT2D eigenvalue weighted by Gasteiger charge is 2.25. The number of ether oxygens (including phenoxy) is 2. The summed E-state index contributed by atoms with van der Waals surface area (Å²) >= 11 is 0. The van der Waals surface area contributed by atoms with Crippen molar-refractivity contribution in [3.05, 3.63) is 24.3 Å². The molecule has 0 heterocycles. The topological polar surface area (TPSA) is 117 Å². The fourth-order valence-electron chi connectivity index (χ4n) is 6.80. The van der Waals surface area contributed by atoms with E-state index in [0.717, 1.165) is 32.1 Å². The first-order valence-corrected chi connectivity index (χ1v) is 25.3. The lowest BCUT2D eigenvalue weighted by Gasteiger charge is -2.20. The molecule has 0 spiro atoms. The van der Waals surface area contributed by atoms with Crippen LogP contribution < -0.4 is 5.73 Å². The van der Waals surface area contributed by atoms with Crippen molar-refractivity contribution in [1.29, 1.82) is 0 Å². The summed E-state index contributed by atoms with van der Waals surface area (Å²) < 4.78 is 33.4. The second-order valence-corrected chi connectivity index (χ2v) is 17.4. The molecule has 0 fully saturated rings. The Labute approximate surface area is 346 Å². The molecule has 9 heteroatoms. The first-order chi connectivity index (χ1) is 27.4. The van der Waals surface area contributed by atoms with Crippen LogP contribution >= 0.6 is 7.82 Å². The lowest BCUT2D eigenvalue weighted by molar-refractivity contribution is -0.154. The maximum Gasteiger partial charge on any atom is 0.472 e. The van der Waals surface area contributed by atoms with E-state index < -0.39 is 13.9 Å². The van der Waals surface area contributed by atoms with Gasteiger partial charge in [-0.05, 0) is 57.8 Å². The summed E-state index contributed by atoms with van der Waals surface area (Å²) in [4.78, 5) is 22.5. The van der Waals surface area contributed by atoms with Gasteiger partial charge in [-0.3, -0.25) is 13.8 Å². The Morgan fingerprint density at radius 2 is 0.911 bits per heavy atom. The Kier molecular flexibility index (Phi) is 44.3. The number of esters is 1. The van der Waals surface area contributed by atoms with E-state index in [4.69, 9.17) is 24.3 Å². The van der Waals surface area contributed by atoms with E-state index in [9.17, 15) is 14.3 Å². The van der Waals surface area contributed by atoms with Crippen LogP contribution in [-0.2, 0) is 27.9 Å². The highest BCUT2D eigenvalue weighted by Crippen LogP contribution is 2.43. The van der Waals surface area contributed by atoms with Crippen LogP contribution in [0.5, 0.6) is 0 Å². The van der Waals surface area contributed by atoms with Crippen molar-refractivity contribution in [2.75, 3.05) is 33.0 Å². The molecule has 0 saturated heterocycles. The third-order valence-corrected chi connectivity index (χ3v) is 11.3. The van der Waals surface area contributed by atoms with Gasteiger partial charge < -0.3 is 20.1 Å². The Morgan fingerprint density at radius 1 is 0.518 bits per heavy atom. The fraction of sp³-hybridized carbons (Fsp3) is 0.894. The number of phosphoric acid groups is 1. The lowest BCUT2D eigenvalue weighted by Crippen LogP contribution is -2.28. The van der Waals surface area contributed by atoms with Gasteiger partial charge in [-0.15, -0.1) is 0 Å². The summed E-state index contributed by atoms with van der Waals surface area (Å²) in [5, 5.41) is 0. The molecule has 0 aliphatic heterocycles. The van der Waals surface area contributed by atoms with E-state index in [1.165, 1.54) is 180 Å². The molecule has 2 atom stereocenters. The summed E-state index contributed by atoms with van der Waals surface area (Å²) in [5.41, 5.74) is 5.37. The first kappa shape index (κ1) is 55.0. The predicted octanol–water partition coefficient (Wildman–Crippen LogP) is 14.4. The fourth-order valence-corrected chi connectivity index (χ4v) is 7.56. The minimum absolute atomic E-state index is 0.0949. The molecule has 0 bridgehead atoms. The van der Waals surface area contributed by atoms with Crippen LogP contribution in [0.3, 0.4) is 0 Å². The molecule has 0 rings (SSSR count). The Balaban J connectivity index is 3.87. The van der Waals surface area contributed by atoms with Gasteiger partial charge in [0, 0.05) is 19.6 Å². The van der Waals surface area contributed by atoms with Crippen molar-refractivity contribution in [3.8, 4) is 0 Å². The molecule has 0 radical (unpaired) electrons. The van der Waals surface area contributed by atoms with Gasteiger partial charge in [-0.2, -0.15) is 0 Å². The highest BCUT2D eigenvalue weighted by molar-refractivity contribution is 7.47. The molecule has 0 amide bonds. The maximum absolute atomic E-state index is 12.6. The van der Waals surface area contributed by atoms with Gasteiger partial charge in [0.25, 0.3) is 0 Å². The first-order valence-electron chi connectivity index (χ1n) is 23.8. The number of hydrogen-bond donors (Lipinski definition) is 2. The second kappa shape index (κ2) is 45.1. The number of carbonyl (C=O) groups is 1. The summed E-state index contributed by atoms with van der Waals surface area (Å²) in [6, 6.07) is 0. The molecule has 0 aromatic carbocycles. The van der Waals surface area contributed by atoms with Crippen molar-refractivity contribution in [2.45, 2.75) is 238 Å². The third kappa shape index (κ3) is 44.1. The average Bonchev–Trinajstić information content (AvgIpc) is 3.19. The molecule has 8 nitrogen and oxygen atoms in total. The molecule has 3 N–H and O–H groups in total. The highest BCUT2D eigenvalue weighted by atomic mass is 31.2. The van der Waals surface area contributed by atoms with E-state index in [-0.39, 0.29) is 32.3 Å². The zero-order valence-electron chi connectivity index (χ0n) is 36.9. The zero-order valence-corrected chi connectivity index (χ0v) is 37.8. The van der Waals surface area contributed by atoms with Crippen LogP contribution in [0.2, 0.25) is 0 Å². The van der Waals surface area contributed by atoms with Crippen LogP contribution in [0.1, 0.15) is 232 Å². The lowest BCUT2D eigenvalue weighted by atomic mass is 10.0. The molecular weight excluding hydrogens is 721 g/mol. The monoisotopic (exact) mass is 814 g/mol. The number of unbranched alkanes of at least 4 members (excludes halogenated alkanes) is 29. The second-order valence-electron chi connectivity index (χ2n) is 16.0. The van der Waals surface area contributed by atoms with Crippen LogP contribution in [-0.4, -0.2) is 49.9 Å². The summed E-state index contributed by atoms with van der Waals surface area (Å²) in [7, 11) is -4.27. The van der Waals surface area contributed by atoms with Crippen molar-refractivity contribution in [3.63, 3.8) is 0 Å². The largest absolute Gasteiger partial charge is 0.472 e. The molecule has 0 aromatic rings. The van der Waals surface area contributed by atoms with Crippen molar-refractivity contribution in [2.24, 2.45) is 5.73 Å². The smallest absolute Gasteiger partial charge is 0.457 e. The Hall–Kier alpha value is -1.02. The number of allylic oxidation sites excluding steroid dienone is 4. The molecule has 0 aromatic heterocycles. The quantitative estimate of drug-likeness (QED) is 0.0270. The van der Waals surface area contributed by atoms with E-state index in [1.807, 2.05) is 0 Å². The van der Waals surface area contributed by atoms with Crippen molar-refractivity contribution in [1.82, 2.24) is 0 Å². The van der Waals surface area contributed by atoms with Crippen LogP contribution in [0, 0.1) is 0 Å². The summed E-state index contributed by atoms with van der Waals surface area (Å²) in [6.07, 6.45) is 50.7. The number of phosphoric ester groups is 1. The van der Waals surface area contributed by atoms with Gasteiger partial charge in [0.1, 0.15) is 6.10 Å². The number of nitrogens with two attached hydrogens (primary N) is 1. The van der Waals surface area contributed by atoms with E-state index in [2.05, 4.69) is 38.2 Å². The van der Waals surface area contributed by atoms with E-state index in [0.29, 0.717) is 13.0 Å². The van der Waals surface area contributed by atoms with Gasteiger partial charge in [0.05, 0.1) is 19.8 Å². The molecule has 332 valence electrons. The Bertz CT molecular complexity index is 915. The number of carbonyl (C=O) groups excluding carboxylic acids is 1. The van der Waals surface area contributed by atoms with Gasteiger partial charge in [0.2, 0.25) is 0 Å². The van der Waals surface area contributed by atoms with Gasteiger partial charge in [0.15, 0.2) is 0 Å². The van der Waals surface area contributed by atoms with Gasteiger partial charge in [-0.1, -0.05) is 192 Å². The minimum Gasteiger partial charge on any atom is -0.457 e. The summed E-state index contributed by atoms with van der Waals surface area (Å²) in [6.45, 7) is 4.91. The zero-order chi connectivity index (χ0) is 40.9. The summed E-state index contributed by atoms with van der Waals surface area (Å²) in [5.74, 6) is -0.330. The van der Waals surface area contributed by atoms with Crippen LogP contribution in [0.4, 0.5) is 0 Å². The molecule has 0 aliphatic rings. The maximum atomic E-state index is 12.6. The third-order valence-electron chi connectivity index (χ3n) is 10.3. The van der Waals surface area contributed by atoms with Crippen LogP contribution in [0.25, 0.3) is 0 Å². The van der Waals surface area contributed by atoms with Gasteiger partial charge >= 0.3 is 13.8 Å². The number of hydrogen-bond acceptors (Lipinski definition) is 7. The normalized spacial score (nSPS) is 13.6. The van der Waals surface area contributed by atoms with E-state index in [1.54, 1.807) is 0 Å². The van der Waals surface area contributed by atoms with Crippen LogP contribution in [0.15, 0.2) is 24.3 Å². The van der Waals surface area contributed by atoms with E-state index >= 15 is 0 Å². The van der Waals surface area contributed by atoms with Crippen molar-refractivity contribution < 1.29 is 32.8 Å². The minimum atomic E-state index is -4.27. The van der Waals surface area contributed by atoms with Crippen molar-refractivity contribution >= 4 is 13.8 Å². The molecule has 2 unspecified atom stereocenters.